The topological polar surface area (TPSA) is 54.5 Å². The van der Waals surface area contributed by atoms with Crippen LogP contribution in [-0.4, -0.2) is 52.5 Å². The fraction of sp³-hybridized carbons (Fsp3) is 0.423. The van der Waals surface area contributed by atoms with Gasteiger partial charge < -0.3 is 15.2 Å². The van der Waals surface area contributed by atoms with Crippen molar-refractivity contribution in [1.29, 1.82) is 0 Å². The lowest BCUT2D eigenvalue weighted by Gasteiger charge is -2.38. The number of amides is 1. The molecule has 1 saturated carbocycles. The largest absolute Gasteiger partial charge is 0.346 e. The van der Waals surface area contributed by atoms with Crippen LogP contribution in [-0.2, 0) is 6.54 Å². The van der Waals surface area contributed by atoms with Gasteiger partial charge in [0.1, 0.15) is 0 Å². The SMILES string of the molecule is NC(Cn1ccc2cc(C(=O)N3CCN(C4CCCC4)CC3)ccc21)c1ccccc1. The molecule has 1 aliphatic carbocycles. The van der Waals surface area contributed by atoms with Gasteiger partial charge in [-0.25, -0.2) is 0 Å². The molecule has 162 valence electrons. The molecule has 0 bridgehead atoms. The van der Waals surface area contributed by atoms with Gasteiger partial charge in [0.25, 0.3) is 5.91 Å². The summed E-state index contributed by atoms with van der Waals surface area (Å²) >= 11 is 0. The minimum Gasteiger partial charge on any atom is -0.346 e. The monoisotopic (exact) mass is 416 g/mol. The minimum atomic E-state index is -0.0609. The molecule has 0 radical (unpaired) electrons. The van der Waals surface area contributed by atoms with Crippen molar-refractivity contribution in [2.75, 3.05) is 26.2 Å². The molecule has 2 fully saturated rings. The Bertz CT molecular complexity index is 1030. The Kier molecular flexibility index (Phi) is 5.79. The molecule has 2 heterocycles. The molecule has 3 aromatic rings. The molecule has 2 N–H and O–H groups in total. The van der Waals surface area contributed by atoms with Gasteiger partial charge in [0.2, 0.25) is 0 Å². The summed E-state index contributed by atoms with van der Waals surface area (Å²) in [6, 6.07) is 19.0. The first-order chi connectivity index (χ1) is 15.2. The lowest BCUT2D eigenvalue weighted by atomic mass is 10.1. The molecule has 5 rings (SSSR count). The Labute approximate surface area is 184 Å². The number of benzene rings is 2. The van der Waals surface area contributed by atoms with Crippen LogP contribution in [0.2, 0.25) is 0 Å². The summed E-state index contributed by atoms with van der Waals surface area (Å²) in [7, 11) is 0. The number of hydrogen-bond donors (Lipinski definition) is 1. The van der Waals surface area contributed by atoms with Crippen LogP contribution in [0.3, 0.4) is 0 Å². The predicted molar refractivity (Wildman–Crippen MR) is 125 cm³/mol. The van der Waals surface area contributed by atoms with E-state index < -0.39 is 0 Å². The van der Waals surface area contributed by atoms with Crippen LogP contribution >= 0.6 is 0 Å². The summed E-state index contributed by atoms with van der Waals surface area (Å²) in [6.07, 6.45) is 7.45. The van der Waals surface area contributed by atoms with Crippen molar-refractivity contribution >= 4 is 16.8 Å². The number of hydrogen-bond acceptors (Lipinski definition) is 3. The van der Waals surface area contributed by atoms with Crippen LogP contribution in [0.25, 0.3) is 10.9 Å². The van der Waals surface area contributed by atoms with E-state index in [0.29, 0.717) is 6.54 Å². The summed E-state index contributed by atoms with van der Waals surface area (Å²) in [5.41, 5.74) is 9.46. The smallest absolute Gasteiger partial charge is 0.253 e. The molecule has 2 aliphatic rings. The van der Waals surface area contributed by atoms with Crippen molar-refractivity contribution in [2.24, 2.45) is 5.73 Å². The third-order valence-corrected chi connectivity index (χ3v) is 7.08. The number of fused-ring (bicyclic) bond motifs is 1. The van der Waals surface area contributed by atoms with Crippen LogP contribution in [0.4, 0.5) is 0 Å². The first-order valence-electron chi connectivity index (χ1n) is 11.6. The Morgan fingerprint density at radius 2 is 1.71 bits per heavy atom. The van der Waals surface area contributed by atoms with E-state index in [0.717, 1.165) is 54.3 Å². The van der Waals surface area contributed by atoms with Gasteiger partial charge in [0.05, 0.1) is 0 Å². The second-order valence-electron chi connectivity index (χ2n) is 9.03. The highest BCUT2D eigenvalue weighted by atomic mass is 16.2. The van der Waals surface area contributed by atoms with E-state index >= 15 is 0 Å². The van der Waals surface area contributed by atoms with Crippen molar-refractivity contribution < 1.29 is 4.79 Å². The first-order valence-corrected chi connectivity index (χ1v) is 11.6. The van der Waals surface area contributed by atoms with Crippen molar-refractivity contribution in [1.82, 2.24) is 14.4 Å². The zero-order chi connectivity index (χ0) is 21.2. The minimum absolute atomic E-state index is 0.0609. The van der Waals surface area contributed by atoms with E-state index in [-0.39, 0.29) is 11.9 Å². The molecule has 5 heteroatoms. The average molecular weight is 417 g/mol. The van der Waals surface area contributed by atoms with Gasteiger partial charge in [-0.05, 0) is 42.7 Å². The summed E-state index contributed by atoms with van der Waals surface area (Å²) in [5, 5.41) is 1.09. The third kappa shape index (κ3) is 4.25. The van der Waals surface area contributed by atoms with Crippen LogP contribution in [0, 0.1) is 0 Å². The maximum absolute atomic E-state index is 13.1. The highest BCUT2D eigenvalue weighted by Gasteiger charge is 2.28. The van der Waals surface area contributed by atoms with Gasteiger partial charge >= 0.3 is 0 Å². The predicted octanol–water partition coefficient (Wildman–Crippen LogP) is 4.04. The molecule has 1 aromatic heterocycles. The van der Waals surface area contributed by atoms with Crippen LogP contribution < -0.4 is 5.73 Å². The number of rotatable bonds is 5. The molecule has 1 atom stereocenters. The second kappa shape index (κ2) is 8.85. The van der Waals surface area contributed by atoms with E-state index in [1.54, 1.807) is 0 Å². The summed E-state index contributed by atoms with van der Waals surface area (Å²) in [4.78, 5) is 17.7. The number of nitrogens with two attached hydrogens (primary N) is 1. The lowest BCUT2D eigenvalue weighted by molar-refractivity contribution is 0.0573. The molecule has 0 spiro atoms. The van der Waals surface area contributed by atoms with E-state index in [4.69, 9.17) is 5.73 Å². The van der Waals surface area contributed by atoms with Crippen molar-refractivity contribution in [3.8, 4) is 0 Å². The first kappa shape index (κ1) is 20.3. The molecule has 1 aliphatic heterocycles. The normalized spacial score (nSPS) is 19.2. The Morgan fingerprint density at radius 1 is 0.968 bits per heavy atom. The maximum atomic E-state index is 13.1. The van der Waals surface area contributed by atoms with Gasteiger partial charge in [0, 0.05) is 67.5 Å². The number of nitrogens with zero attached hydrogens (tertiary/aromatic N) is 3. The summed E-state index contributed by atoms with van der Waals surface area (Å²) in [5.74, 6) is 0.154. The van der Waals surface area contributed by atoms with Gasteiger partial charge in [-0.15, -0.1) is 0 Å². The summed E-state index contributed by atoms with van der Waals surface area (Å²) < 4.78 is 2.18. The zero-order valence-electron chi connectivity index (χ0n) is 18.1. The average Bonchev–Trinajstić information content (AvgIpc) is 3.50. The molecule has 2 aromatic carbocycles. The fourth-order valence-electron chi connectivity index (χ4n) is 5.25. The van der Waals surface area contributed by atoms with Crippen molar-refractivity contribution in [3.63, 3.8) is 0 Å². The lowest BCUT2D eigenvalue weighted by Crippen LogP contribution is -2.51. The van der Waals surface area contributed by atoms with Crippen LogP contribution in [0.5, 0.6) is 0 Å². The number of piperazine rings is 1. The van der Waals surface area contributed by atoms with Gasteiger partial charge in [-0.3, -0.25) is 9.69 Å². The Balaban J connectivity index is 1.25. The Hall–Kier alpha value is -2.63. The number of carbonyl (C=O) groups is 1. The number of carbonyl (C=O) groups excluding carboxylic acids is 1. The highest BCUT2D eigenvalue weighted by molar-refractivity contribution is 5.98. The molecule has 1 unspecified atom stereocenters. The number of aromatic nitrogens is 1. The molecule has 31 heavy (non-hydrogen) atoms. The van der Waals surface area contributed by atoms with Gasteiger partial charge in [-0.2, -0.15) is 0 Å². The van der Waals surface area contributed by atoms with E-state index in [2.05, 4.69) is 39.9 Å². The van der Waals surface area contributed by atoms with Crippen molar-refractivity contribution in [2.45, 2.75) is 44.3 Å². The standard InChI is InChI=1S/C26H32N4O/c27-24(20-6-2-1-3-7-20)19-30-13-12-21-18-22(10-11-25(21)30)26(31)29-16-14-28(15-17-29)23-8-4-5-9-23/h1-3,6-7,10-13,18,23-24H,4-5,8-9,14-17,19,27H2. The maximum Gasteiger partial charge on any atom is 0.253 e. The van der Waals surface area contributed by atoms with E-state index in [1.807, 2.05) is 35.2 Å². The highest BCUT2D eigenvalue weighted by Crippen LogP contribution is 2.25. The molecule has 1 saturated heterocycles. The third-order valence-electron chi connectivity index (χ3n) is 7.08. The summed E-state index contributed by atoms with van der Waals surface area (Å²) in [6.45, 7) is 4.39. The fourth-order valence-corrected chi connectivity index (χ4v) is 5.25. The van der Waals surface area contributed by atoms with Crippen molar-refractivity contribution in [3.05, 3.63) is 71.9 Å². The van der Waals surface area contributed by atoms with Crippen LogP contribution in [0.15, 0.2) is 60.8 Å². The molecule has 1 amide bonds. The quantitative estimate of drug-likeness (QED) is 0.683. The zero-order valence-corrected chi connectivity index (χ0v) is 18.1. The van der Waals surface area contributed by atoms with Gasteiger partial charge in [-0.1, -0.05) is 43.2 Å². The van der Waals surface area contributed by atoms with E-state index in [1.165, 1.54) is 25.7 Å². The van der Waals surface area contributed by atoms with E-state index in [9.17, 15) is 4.79 Å². The molecular formula is C26H32N4O. The Morgan fingerprint density at radius 3 is 2.45 bits per heavy atom. The van der Waals surface area contributed by atoms with Crippen LogP contribution in [0.1, 0.15) is 47.6 Å². The second-order valence-corrected chi connectivity index (χ2v) is 9.03. The van der Waals surface area contributed by atoms with Gasteiger partial charge in [0.15, 0.2) is 0 Å². The molecule has 5 nitrogen and oxygen atoms in total. The molecular weight excluding hydrogens is 384 g/mol.